The van der Waals surface area contributed by atoms with Crippen molar-refractivity contribution in [3.8, 4) is 0 Å². The van der Waals surface area contributed by atoms with Gasteiger partial charge in [-0.2, -0.15) is 11.8 Å². The summed E-state index contributed by atoms with van der Waals surface area (Å²) in [6.45, 7) is 9.95. The highest BCUT2D eigenvalue weighted by Crippen LogP contribution is 2.42. The lowest BCUT2D eigenvalue weighted by Gasteiger charge is -2.27. The van der Waals surface area contributed by atoms with E-state index in [0.29, 0.717) is 5.92 Å². The van der Waals surface area contributed by atoms with Crippen LogP contribution in [0, 0.1) is 0 Å². The fourth-order valence-electron chi connectivity index (χ4n) is 2.35. The minimum atomic E-state index is 0.136. The predicted molar refractivity (Wildman–Crippen MR) is 78.1 cm³/mol. The molecule has 1 aliphatic heterocycles. The Morgan fingerprint density at radius 3 is 2.82 bits per heavy atom. The molecule has 0 aliphatic carbocycles. The van der Waals surface area contributed by atoms with E-state index in [1.54, 1.807) is 0 Å². The van der Waals surface area contributed by atoms with Crippen LogP contribution in [0.15, 0.2) is 5.38 Å². The zero-order chi connectivity index (χ0) is 12.5. The summed E-state index contributed by atoms with van der Waals surface area (Å²) in [5.41, 5.74) is 1.38. The highest BCUT2D eigenvalue weighted by atomic mass is 32.2. The monoisotopic (exact) mass is 270 g/mol. The number of thiazole rings is 1. The van der Waals surface area contributed by atoms with Crippen LogP contribution >= 0.6 is 23.1 Å². The summed E-state index contributed by atoms with van der Waals surface area (Å²) in [6.07, 6.45) is 1.20. The summed E-state index contributed by atoms with van der Waals surface area (Å²) >= 11 is 3.89. The molecule has 0 aromatic carbocycles. The Hall–Kier alpha value is -0.0600. The van der Waals surface area contributed by atoms with Gasteiger partial charge in [0, 0.05) is 16.4 Å². The van der Waals surface area contributed by atoms with Crippen LogP contribution in [-0.4, -0.2) is 22.5 Å². The molecule has 1 saturated heterocycles. The van der Waals surface area contributed by atoms with Crippen molar-refractivity contribution in [3.63, 3.8) is 0 Å². The first kappa shape index (κ1) is 13.4. The van der Waals surface area contributed by atoms with Gasteiger partial charge in [-0.1, -0.05) is 27.7 Å². The first-order valence-electron chi connectivity index (χ1n) is 6.40. The molecule has 2 rings (SSSR count). The SMILES string of the molecule is CCNC1(c2nc(C(C)C)cs2)CSC(C)C1. The molecule has 1 N–H and O–H groups in total. The standard InChI is InChI=1S/C13H22N2S2/c1-5-14-13(6-10(4)17-8-13)12-15-11(7-16-12)9(2)3/h7,9-10,14H,5-6,8H2,1-4H3. The van der Waals surface area contributed by atoms with Crippen LogP contribution in [0.5, 0.6) is 0 Å². The van der Waals surface area contributed by atoms with Gasteiger partial charge in [-0.25, -0.2) is 4.98 Å². The van der Waals surface area contributed by atoms with Gasteiger partial charge in [0.15, 0.2) is 0 Å². The van der Waals surface area contributed by atoms with Crippen molar-refractivity contribution in [1.29, 1.82) is 0 Å². The second-order valence-corrected chi connectivity index (χ2v) is 7.46. The topological polar surface area (TPSA) is 24.9 Å². The second kappa shape index (κ2) is 5.29. The largest absolute Gasteiger partial charge is 0.305 e. The number of hydrogen-bond donors (Lipinski definition) is 1. The van der Waals surface area contributed by atoms with Crippen molar-refractivity contribution in [2.75, 3.05) is 12.3 Å². The smallest absolute Gasteiger partial charge is 0.114 e. The number of nitrogens with one attached hydrogen (secondary N) is 1. The van der Waals surface area contributed by atoms with Crippen LogP contribution < -0.4 is 5.32 Å². The van der Waals surface area contributed by atoms with Crippen molar-refractivity contribution >= 4 is 23.1 Å². The van der Waals surface area contributed by atoms with E-state index in [-0.39, 0.29) is 5.54 Å². The third-order valence-electron chi connectivity index (χ3n) is 3.29. The zero-order valence-corrected chi connectivity index (χ0v) is 12.8. The fourth-order valence-corrected chi connectivity index (χ4v) is 4.94. The Labute approximate surface area is 113 Å². The molecule has 96 valence electrons. The average molecular weight is 270 g/mol. The fraction of sp³-hybridized carbons (Fsp3) is 0.769. The molecule has 1 aliphatic rings. The third-order valence-corrected chi connectivity index (χ3v) is 5.75. The number of thioether (sulfide) groups is 1. The van der Waals surface area contributed by atoms with E-state index >= 15 is 0 Å². The Kier molecular flexibility index (Phi) is 4.16. The van der Waals surface area contributed by atoms with Crippen molar-refractivity contribution in [2.24, 2.45) is 0 Å². The molecule has 2 unspecified atom stereocenters. The lowest BCUT2D eigenvalue weighted by atomic mass is 9.97. The van der Waals surface area contributed by atoms with Crippen molar-refractivity contribution in [2.45, 2.75) is 50.8 Å². The van der Waals surface area contributed by atoms with Crippen molar-refractivity contribution in [3.05, 3.63) is 16.1 Å². The van der Waals surface area contributed by atoms with E-state index in [1.165, 1.54) is 17.1 Å². The van der Waals surface area contributed by atoms with E-state index in [4.69, 9.17) is 4.98 Å². The summed E-state index contributed by atoms with van der Waals surface area (Å²) in [5, 5.41) is 7.94. The van der Waals surface area contributed by atoms with E-state index < -0.39 is 0 Å². The first-order valence-corrected chi connectivity index (χ1v) is 8.33. The van der Waals surface area contributed by atoms with Crippen LogP contribution in [0.1, 0.15) is 50.7 Å². The molecule has 1 aromatic rings. The van der Waals surface area contributed by atoms with E-state index in [0.717, 1.165) is 17.5 Å². The van der Waals surface area contributed by atoms with Gasteiger partial charge in [0.2, 0.25) is 0 Å². The highest BCUT2D eigenvalue weighted by Gasteiger charge is 2.41. The van der Waals surface area contributed by atoms with Crippen LogP contribution in [0.2, 0.25) is 0 Å². The Balaban J connectivity index is 2.26. The van der Waals surface area contributed by atoms with E-state index in [9.17, 15) is 0 Å². The molecule has 2 heterocycles. The molecule has 0 radical (unpaired) electrons. The Morgan fingerprint density at radius 2 is 2.35 bits per heavy atom. The zero-order valence-electron chi connectivity index (χ0n) is 11.1. The van der Waals surface area contributed by atoms with Gasteiger partial charge in [-0.3, -0.25) is 0 Å². The Bertz CT molecular complexity index is 371. The molecule has 2 atom stereocenters. The molecule has 0 amide bonds. The summed E-state index contributed by atoms with van der Waals surface area (Å²) in [4.78, 5) is 4.86. The summed E-state index contributed by atoms with van der Waals surface area (Å²) in [6, 6.07) is 0. The van der Waals surface area contributed by atoms with E-state index in [1.807, 2.05) is 11.3 Å². The van der Waals surface area contributed by atoms with Gasteiger partial charge >= 0.3 is 0 Å². The van der Waals surface area contributed by atoms with Crippen LogP contribution in [0.3, 0.4) is 0 Å². The molecule has 0 bridgehead atoms. The minimum Gasteiger partial charge on any atom is -0.305 e. The second-order valence-electron chi connectivity index (χ2n) is 5.17. The lowest BCUT2D eigenvalue weighted by molar-refractivity contribution is 0.370. The summed E-state index contributed by atoms with van der Waals surface area (Å²) in [7, 11) is 0. The minimum absolute atomic E-state index is 0.136. The molecule has 2 nitrogen and oxygen atoms in total. The maximum atomic E-state index is 4.86. The maximum absolute atomic E-state index is 4.86. The average Bonchev–Trinajstić information content (AvgIpc) is 2.86. The van der Waals surface area contributed by atoms with E-state index in [2.05, 4.69) is 50.2 Å². The first-order chi connectivity index (χ1) is 8.07. The van der Waals surface area contributed by atoms with Gasteiger partial charge in [0.1, 0.15) is 5.01 Å². The van der Waals surface area contributed by atoms with Crippen molar-refractivity contribution < 1.29 is 0 Å². The molecule has 4 heteroatoms. The molecular weight excluding hydrogens is 248 g/mol. The quantitative estimate of drug-likeness (QED) is 0.905. The maximum Gasteiger partial charge on any atom is 0.114 e. The van der Waals surface area contributed by atoms with Crippen LogP contribution in [0.25, 0.3) is 0 Å². The number of hydrogen-bond acceptors (Lipinski definition) is 4. The van der Waals surface area contributed by atoms with Gasteiger partial charge in [-0.15, -0.1) is 11.3 Å². The van der Waals surface area contributed by atoms with Gasteiger partial charge in [0.25, 0.3) is 0 Å². The summed E-state index contributed by atoms with van der Waals surface area (Å²) in [5.74, 6) is 1.69. The lowest BCUT2D eigenvalue weighted by Crippen LogP contribution is -2.42. The molecule has 1 fully saturated rings. The molecule has 1 aromatic heterocycles. The molecule has 0 spiro atoms. The molecule has 17 heavy (non-hydrogen) atoms. The predicted octanol–water partition coefficient (Wildman–Crippen LogP) is 3.60. The number of rotatable bonds is 4. The normalized spacial score (nSPS) is 29.1. The van der Waals surface area contributed by atoms with Gasteiger partial charge in [-0.05, 0) is 18.9 Å². The highest BCUT2D eigenvalue weighted by molar-refractivity contribution is 8.00. The Morgan fingerprint density at radius 1 is 1.59 bits per heavy atom. The molecule has 0 saturated carbocycles. The number of aromatic nitrogens is 1. The van der Waals surface area contributed by atoms with Gasteiger partial charge in [0.05, 0.1) is 11.2 Å². The molecular formula is C13H22N2S2. The third kappa shape index (κ3) is 2.69. The van der Waals surface area contributed by atoms with Crippen molar-refractivity contribution in [1.82, 2.24) is 10.3 Å². The van der Waals surface area contributed by atoms with Gasteiger partial charge < -0.3 is 5.32 Å². The number of nitrogens with zero attached hydrogens (tertiary/aromatic N) is 1. The summed E-state index contributed by atoms with van der Waals surface area (Å²) < 4.78 is 0. The van der Waals surface area contributed by atoms with Crippen LogP contribution in [-0.2, 0) is 5.54 Å². The van der Waals surface area contributed by atoms with Crippen LogP contribution in [0.4, 0.5) is 0 Å².